The van der Waals surface area contributed by atoms with Crippen LogP contribution >= 0.6 is 0 Å². The van der Waals surface area contributed by atoms with Gasteiger partial charge in [-0.05, 0) is 25.2 Å². The van der Waals surface area contributed by atoms with Crippen molar-refractivity contribution in [1.29, 1.82) is 0 Å². The summed E-state index contributed by atoms with van der Waals surface area (Å²) in [5, 5.41) is 8.91. The summed E-state index contributed by atoms with van der Waals surface area (Å²) in [7, 11) is 0. The monoisotopic (exact) mass is 223 g/mol. The number of hydrogen-bond donors (Lipinski definition) is 1. The maximum Gasteiger partial charge on any atom is 0.329 e. The Morgan fingerprint density at radius 3 is 3.12 bits per heavy atom. The molecule has 1 fully saturated rings. The zero-order chi connectivity index (χ0) is 11.4. The molecule has 1 aliphatic rings. The summed E-state index contributed by atoms with van der Waals surface area (Å²) < 4.78 is 1.50. The van der Waals surface area contributed by atoms with Gasteiger partial charge in [0.05, 0.1) is 0 Å². The Morgan fingerprint density at radius 1 is 1.56 bits per heavy atom. The van der Waals surface area contributed by atoms with Gasteiger partial charge < -0.3 is 10.0 Å². The molecule has 2 heterocycles. The van der Waals surface area contributed by atoms with Crippen LogP contribution in [0.5, 0.6) is 0 Å². The Kier molecular flexibility index (Phi) is 3.56. The number of likely N-dealkylation sites (tertiary alicyclic amines) is 1. The molecule has 5 heteroatoms. The van der Waals surface area contributed by atoms with E-state index in [1.165, 1.54) is 10.9 Å². The lowest BCUT2D eigenvalue weighted by atomic mass is 9.95. The quantitative estimate of drug-likeness (QED) is 0.812. The Bertz CT molecular complexity index is 335. The average Bonchev–Trinajstić information content (AvgIpc) is 2.82. The molecule has 1 saturated heterocycles. The molecule has 0 saturated carbocycles. The SMILES string of the molecule is O=C(N1CCCC(CCO)C1)n1ccnc1. The summed E-state index contributed by atoms with van der Waals surface area (Å²) in [4.78, 5) is 17.7. The van der Waals surface area contributed by atoms with Gasteiger partial charge in [0.25, 0.3) is 0 Å². The number of aliphatic hydroxyl groups excluding tert-OH is 1. The standard InChI is InChI=1S/C11H17N3O2/c15-7-3-10-2-1-5-13(8-10)11(16)14-6-4-12-9-14/h4,6,9-10,15H,1-3,5,7-8H2. The number of rotatable bonds is 2. The molecule has 0 radical (unpaired) electrons. The van der Waals surface area contributed by atoms with E-state index >= 15 is 0 Å². The fourth-order valence-electron chi connectivity index (χ4n) is 2.19. The third kappa shape index (κ3) is 2.41. The number of piperidine rings is 1. The lowest BCUT2D eigenvalue weighted by Gasteiger charge is -2.32. The topological polar surface area (TPSA) is 58.4 Å². The number of imidazole rings is 1. The summed E-state index contributed by atoms with van der Waals surface area (Å²) in [5.74, 6) is 0.436. The molecule has 1 unspecified atom stereocenters. The summed E-state index contributed by atoms with van der Waals surface area (Å²) in [6, 6.07) is -0.0138. The first-order valence-electron chi connectivity index (χ1n) is 5.69. The number of aliphatic hydroxyl groups is 1. The molecule has 88 valence electrons. The van der Waals surface area contributed by atoms with Gasteiger partial charge in [-0.2, -0.15) is 0 Å². The van der Waals surface area contributed by atoms with Crippen molar-refractivity contribution >= 4 is 6.03 Å². The van der Waals surface area contributed by atoms with Crippen LogP contribution in [0.15, 0.2) is 18.7 Å². The van der Waals surface area contributed by atoms with Gasteiger partial charge in [0.2, 0.25) is 0 Å². The summed E-state index contributed by atoms with van der Waals surface area (Å²) in [6.45, 7) is 1.76. The Morgan fingerprint density at radius 2 is 2.44 bits per heavy atom. The van der Waals surface area contributed by atoms with E-state index < -0.39 is 0 Å². The Balaban J connectivity index is 1.96. The van der Waals surface area contributed by atoms with Gasteiger partial charge in [0.15, 0.2) is 0 Å². The van der Waals surface area contributed by atoms with Crippen molar-refractivity contribution in [2.24, 2.45) is 5.92 Å². The van der Waals surface area contributed by atoms with Crippen LogP contribution in [0.25, 0.3) is 0 Å². The lowest BCUT2D eigenvalue weighted by molar-refractivity contribution is 0.151. The van der Waals surface area contributed by atoms with E-state index in [9.17, 15) is 4.79 Å². The second-order valence-electron chi connectivity index (χ2n) is 4.22. The van der Waals surface area contributed by atoms with E-state index in [0.29, 0.717) is 5.92 Å². The van der Waals surface area contributed by atoms with E-state index in [1.54, 1.807) is 12.4 Å². The maximum absolute atomic E-state index is 12.0. The maximum atomic E-state index is 12.0. The predicted octanol–water partition coefficient (Wildman–Crippen LogP) is 0.946. The van der Waals surface area contributed by atoms with Gasteiger partial charge in [0, 0.05) is 32.1 Å². The van der Waals surface area contributed by atoms with E-state index in [1.807, 2.05) is 4.90 Å². The zero-order valence-corrected chi connectivity index (χ0v) is 9.25. The van der Waals surface area contributed by atoms with Crippen LogP contribution in [-0.2, 0) is 0 Å². The van der Waals surface area contributed by atoms with Crippen LogP contribution in [0, 0.1) is 5.92 Å². The Hall–Kier alpha value is -1.36. The lowest BCUT2D eigenvalue weighted by Crippen LogP contribution is -2.42. The zero-order valence-electron chi connectivity index (χ0n) is 9.25. The Labute approximate surface area is 94.7 Å². The van der Waals surface area contributed by atoms with Gasteiger partial charge >= 0.3 is 6.03 Å². The third-order valence-electron chi connectivity index (χ3n) is 3.05. The molecule has 0 bridgehead atoms. The van der Waals surface area contributed by atoms with Crippen molar-refractivity contribution in [3.8, 4) is 0 Å². The van der Waals surface area contributed by atoms with E-state index in [2.05, 4.69) is 4.98 Å². The second-order valence-corrected chi connectivity index (χ2v) is 4.22. The number of amides is 1. The van der Waals surface area contributed by atoms with Gasteiger partial charge in [0.1, 0.15) is 6.33 Å². The van der Waals surface area contributed by atoms with E-state index in [-0.39, 0.29) is 12.6 Å². The van der Waals surface area contributed by atoms with Crippen molar-refractivity contribution in [2.45, 2.75) is 19.3 Å². The van der Waals surface area contributed by atoms with Crippen molar-refractivity contribution in [2.75, 3.05) is 19.7 Å². The minimum atomic E-state index is -0.0138. The second kappa shape index (κ2) is 5.12. The smallest absolute Gasteiger partial charge is 0.329 e. The molecule has 1 aromatic rings. The summed E-state index contributed by atoms with van der Waals surface area (Å²) in [6.07, 6.45) is 7.70. The molecular formula is C11H17N3O2. The number of hydrogen-bond acceptors (Lipinski definition) is 3. The highest BCUT2D eigenvalue weighted by Gasteiger charge is 2.23. The van der Waals surface area contributed by atoms with Crippen molar-refractivity contribution in [1.82, 2.24) is 14.5 Å². The van der Waals surface area contributed by atoms with E-state index in [4.69, 9.17) is 5.11 Å². The summed E-state index contributed by atoms with van der Waals surface area (Å²) in [5.41, 5.74) is 0. The highest BCUT2D eigenvalue weighted by Crippen LogP contribution is 2.19. The molecular weight excluding hydrogens is 206 g/mol. The van der Waals surface area contributed by atoms with Gasteiger partial charge in [-0.15, -0.1) is 0 Å². The van der Waals surface area contributed by atoms with Gasteiger partial charge in [-0.25, -0.2) is 9.78 Å². The fraction of sp³-hybridized carbons (Fsp3) is 0.636. The van der Waals surface area contributed by atoms with Gasteiger partial charge in [-0.3, -0.25) is 4.57 Å². The molecule has 1 aliphatic heterocycles. The molecule has 1 atom stereocenters. The number of nitrogens with zero attached hydrogens (tertiary/aromatic N) is 3. The molecule has 1 aromatic heterocycles. The van der Waals surface area contributed by atoms with Crippen LogP contribution in [0.2, 0.25) is 0 Å². The predicted molar refractivity (Wildman–Crippen MR) is 59.0 cm³/mol. The molecule has 16 heavy (non-hydrogen) atoms. The van der Waals surface area contributed by atoms with Crippen LogP contribution in [0.4, 0.5) is 4.79 Å². The molecule has 2 rings (SSSR count). The molecule has 0 aromatic carbocycles. The first-order valence-corrected chi connectivity index (χ1v) is 5.69. The van der Waals surface area contributed by atoms with Crippen molar-refractivity contribution in [3.05, 3.63) is 18.7 Å². The summed E-state index contributed by atoms with van der Waals surface area (Å²) >= 11 is 0. The third-order valence-corrected chi connectivity index (χ3v) is 3.05. The minimum absolute atomic E-state index is 0.0138. The largest absolute Gasteiger partial charge is 0.396 e. The van der Waals surface area contributed by atoms with Crippen molar-refractivity contribution in [3.63, 3.8) is 0 Å². The fourth-order valence-corrected chi connectivity index (χ4v) is 2.19. The van der Waals surface area contributed by atoms with Crippen LogP contribution in [-0.4, -0.2) is 45.3 Å². The molecule has 0 spiro atoms. The molecule has 1 amide bonds. The highest BCUT2D eigenvalue weighted by atomic mass is 16.3. The number of aromatic nitrogens is 2. The highest BCUT2D eigenvalue weighted by molar-refractivity contribution is 5.76. The van der Waals surface area contributed by atoms with Gasteiger partial charge in [-0.1, -0.05) is 0 Å². The minimum Gasteiger partial charge on any atom is -0.396 e. The number of carbonyl (C=O) groups is 1. The first kappa shape index (κ1) is 11.1. The first-order chi connectivity index (χ1) is 7.81. The molecule has 5 nitrogen and oxygen atoms in total. The normalized spacial score (nSPS) is 21.1. The molecule has 1 N–H and O–H groups in total. The van der Waals surface area contributed by atoms with Crippen LogP contribution in [0.1, 0.15) is 19.3 Å². The van der Waals surface area contributed by atoms with Crippen LogP contribution < -0.4 is 0 Å². The van der Waals surface area contributed by atoms with E-state index in [0.717, 1.165) is 32.4 Å². The average molecular weight is 223 g/mol. The molecule has 0 aliphatic carbocycles. The number of carbonyl (C=O) groups excluding carboxylic acids is 1. The van der Waals surface area contributed by atoms with Crippen LogP contribution in [0.3, 0.4) is 0 Å². The van der Waals surface area contributed by atoms with Crippen molar-refractivity contribution < 1.29 is 9.90 Å².